The lowest BCUT2D eigenvalue weighted by atomic mass is 9.96. The largest absolute Gasteiger partial charge is 0.353 e. The van der Waals surface area contributed by atoms with Crippen molar-refractivity contribution in [2.75, 3.05) is 20.1 Å². The highest BCUT2D eigenvalue weighted by Crippen LogP contribution is 2.29. The Morgan fingerprint density at radius 2 is 1.88 bits per heavy atom. The Balaban J connectivity index is 0.00000312. The number of amides is 3. The van der Waals surface area contributed by atoms with Gasteiger partial charge in [-0.25, -0.2) is 4.79 Å². The third-order valence-electron chi connectivity index (χ3n) is 4.25. The van der Waals surface area contributed by atoms with Crippen molar-refractivity contribution in [2.24, 2.45) is 0 Å². The first-order valence-electron chi connectivity index (χ1n) is 8.29. The number of hydrogen-bond acceptors (Lipinski definition) is 3. The number of likely N-dealkylation sites (N-methyl/N-ethyl adjacent to an activating group) is 1. The molecule has 8 heteroatoms. The van der Waals surface area contributed by atoms with Crippen LogP contribution < -0.4 is 21.3 Å². The van der Waals surface area contributed by atoms with E-state index < -0.39 is 5.54 Å². The van der Waals surface area contributed by atoms with Gasteiger partial charge < -0.3 is 21.3 Å². The lowest BCUT2D eigenvalue weighted by Crippen LogP contribution is -2.59. The smallest absolute Gasteiger partial charge is 0.315 e. The van der Waals surface area contributed by atoms with Crippen LogP contribution in [-0.4, -0.2) is 37.6 Å². The second-order valence-corrected chi connectivity index (χ2v) is 7.00. The van der Waals surface area contributed by atoms with Gasteiger partial charge >= 0.3 is 6.03 Å². The van der Waals surface area contributed by atoms with Crippen LogP contribution in [0.3, 0.4) is 0 Å². The fourth-order valence-electron chi connectivity index (χ4n) is 2.95. The summed E-state index contributed by atoms with van der Waals surface area (Å²) in [5.74, 6) is -0.0899. The van der Waals surface area contributed by atoms with Crippen molar-refractivity contribution in [2.45, 2.75) is 37.8 Å². The van der Waals surface area contributed by atoms with Crippen molar-refractivity contribution in [3.05, 3.63) is 34.3 Å². The SMILES string of the molecule is CNCCNC(=O)C1(NC(=O)NCc2cccc(Br)c2)CCCC1.Cl. The Morgan fingerprint density at radius 1 is 1.16 bits per heavy atom. The van der Waals surface area contributed by atoms with Crippen LogP contribution in [-0.2, 0) is 11.3 Å². The van der Waals surface area contributed by atoms with E-state index in [0.717, 1.165) is 22.9 Å². The van der Waals surface area contributed by atoms with E-state index in [-0.39, 0.29) is 24.3 Å². The highest BCUT2D eigenvalue weighted by atomic mass is 79.9. The summed E-state index contributed by atoms with van der Waals surface area (Å²) in [5.41, 5.74) is 0.216. The molecule has 1 aromatic rings. The van der Waals surface area contributed by atoms with Crippen molar-refractivity contribution >= 4 is 40.3 Å². The van der Waals surface area contributed by atoms with Gasteiger partial charge in [-0.05, 0) is 37.6 Å². The monoisotopic (exact) mass is 432 g/mol. The van der Waals surface area contributed by atoms with Gasteiger partial charge in [0.1, 0.15) is 5.54 Å². The highest BCUT2D eigenvalue weighted by Gasteiger charge is 2.42. The van der Waals surface area contributed by atoms with Gasteiger partial charge in [-0.2, -0.15) is 0 Å². The molecule has 0 radical (unpaired) electrons. The van der Waals surface area contributed by atoms with E-state index in [4.69, 9.17) is 0 Å². The Morgan fingerprint density at radius 3 is 2.52 bits per heavy atom. The summed E-state index contributed by atoms with van der Waals surface area (Å²) in [6.07, 6.45) is 3.27. The molecule has 0 bridgehead atoms. The van der Waals surface area contributed by atoms with Gasteiger partial charge in [-0.1, -0.05) is 40.9 Å². The summed E-state index contributed by atoms with van der Waals surface area (Å²) < 4.78 is 0.971. The number of halogens is 2. The van der Waals surface area contributed by atoms with Crippen molar-refractivity contribution < 1.29 is 9.59 Å². The average Bonchev–Trinajstić information content (AvgIpc) is 3.03. The number of urea groups is 1. The van der Waals surface area contributed by atoms with Crippen LogP contribution >= 0.6 is 28.3 Å². The first-order valence-corrected chi connectivity index (χ1v) is 9.08. The molecule has 1 aliphatic rings. The maximum atomic E-state index is 12.5. The minimum Gasteiger partial charge on any atom is -0.353 e. The Kier molecular flexibility index (Phi) is 9.24. The summed E-state index contributed by atoms with van der Waals surface area (Å²) in [7, 11) is 1.84. The lowest BCUT2D eigenvalue weighted by Gasteiger charge is -2.29. The number of hydrogen-bond donors (Lipinski definition) is 4. The molecule has 0 heterocycles. The summed E-state index contributed by atoms with van der Waals surface area (Å²) >= 11 is 3.41. The second-order valence-electron chi connectivity index (χ2n) is 6.09. The zero-order chi connectivity index (χ0) is 17.4. The molecule has 1 saturated carbocycles. The summed E-state index contributed by atoms with van der Waals surface area (Å²) in [4.78, 5) is 24.8. The topological polar surface area (TPSA) is 82.3 Å². The minimum absolute atomic E-state index is 0. The molecular weight excluding hydrogens is 408 g/mol. The van der Waals surface area contributed by atoms with Crippen LogP contribution in [0.2, 0.25) is 0 Å². The molecule has 0 spiro atoms. The quantitative estimate of drug-likeness (QED) is 0.498. The summed E-state index contributed by atoms with van der Waals surface area (Å²) in [6.45, 7) is 1.68. The molecule has 25 heavy (non-hydrogen) atoms. The van der Waals surface area contributed by atoms with Gasteiger partial charge in [0.05, 0.1) is 0 Å². The van der Waals surface area contributed by atoms with E-state index in [0.29, 0.717) is 32.5 Å². The number of rotatable bonds is 7. The Hall–Kier alpha value is -1.31. The van der Waals surface area contributed by atoms with Crippen LogP contribution in [0.5, 0.6) is 0 Å². The van der Waals surface area contributed by atoms with Gasteiger partial charge in [0.25, 0.3) is 0 Å². The predicted octanol–water partition coefficient (Wildman–Crippen LogP) is 2.32. The first-order chi connectivity index (χ1) is 11.6. The molecule has 0 saturated heterocycles. The van der Waals surface area contributed by atoms with E-state index in [1.165, 1.54) is 0 Å². The van der Waals surface area contributed by atoms with E-state index in [2.05, 4.69) is 37.2 Å². The molecule has 1 fully saturated rings. The second kappa shape index (κ2) is 10.6. The molecule has 4 N–H and O–H groups in total. The summed E-state index contributed by atoms with van der Waals surface area (Å²) in [6, 6.07) is 7.46. The molecule has 0 aromatic heterocycles. The molecule has 2 rings (SSSR count). The lowest BCUT2D eigenvalue weighted by molar-refractivity contribution is -0.127. The zero-order valence-electron chi connectivity index (χ0n) is 14.4. The molecule has 0 unspecified atom stereocenters. The normalized spacial score (nSPS) is 15.1. The predicted molar refractivity (Wildman–Crippen MR) is 105 cm³/mol. The van der Waals surface area contributed by atoms with E-state index in [1.54, 1.807) is 0 Å². The third-order valence-corrected chi connectivity index (χ3v) is 4.74. The van der Waals surface area contributed by atoms with Crippen LogP contribution in [0.15, 0.2) is 28.7 Å². The number of nitrogens with one attached hydrogen (secondary N) is 4. The maximum absolute atomic E-state index is 12.5. The fourth-order valence-corrected chi connectivity index (χ4v) is 3.40. The van der Waals surface area contributed by atoms with Crippen LogP contribution in [0.1, 0.15) is 31.2 Å². The molecule has 1 aromatic carbocycles. The number of benzene rings is 1. The maximum Gasteiger partial charge on any atom is 0.315 e. The van der Waals surface area contributed by atoms with Crippen LogP contribution in [0, 0.1) is 0 Å². The number of carbonyl (C=O) groups is 2. The van der Waals surface area contributed by atoms with E-state index in [1.807, 2.05) is 31.3 Å². The Bertz CT molecular complexity index is 580. The molecule has 140 valence electrons. The molecule has 1 aliphatic carbocycles. The molecule has 3 amide bonds. The van der Waals surface area contributed by atoms with Crippen molar-refractivity contribution in [3.8, 4) is 0 Å². The van der Waals surface area contributed by atoms with Crippen molar-refractivity contribution in [1.82, 2.24) is 21.3 Å². The standard InChI is InChI=1S/C17H25BrN4O2.ClH/c1-19-9-10-20-15(23)17(7-2-3-8-17)22-16(24)21-12-13-5-4-6-14(18)11-13;/h4-6,11,19H,2-3,7-10,12H2,1H3,(H,20,23)(H2,21,22,24);1H. The van der Waals surface area contributed by atoms with Crippen molar-refractivity contribution in [1.29, 1.82) is 0 Å². The van der Waals surface area contributed by atoms with Crippen LogP contribution in [0.25, 0.3) is 0 Å². The summed E-state index contributed by atoms with van der Waals surface area (Å²) in [5, 5.41) is 11.6. The zero-order valence-corrected chi connectivity index (χ0v) is 16.8. The molecule has 0 aliphatic heterocycles. The number of carbonyl (C=O) groups excluding carboxylic acids is 2. The van der Waals surface area contributed by atoms with Crippen LogP contribution in [0.4, 0.5) is 4.79 Å². The first kappa shape index (κ1) is 21.7. The van der Waals surface area contributed by atoms with E-state index in [9.17, 15) is 9.59 Å². The minimum atomic E-state index is -0.783. The van der Waals surface area contributed by atoms with Gasteiger partial charge in [0, 0.05) is 24.1 Å². The Labute approximate surface area is 163 Å². The van der Waals surface area contributed by atoms with Gasteiger partial charge in [0.15, 0.2) is 0 Å². The highest BCUT2D eigenvalue weighted by molar-refractivity contribution is 9.10. The third kappa shape index (κ3) is 6.49. The molecule has 0 atom stereocenters. The molecule has 6 nitrogen and oxygen atoms in total. The van der Waals surface area contributed by atoms with Gasteiger partial charge in [0.2, 0.25) is 5.91 Å². The fraction of sp³-hybridized carbons (Fsp3) is 0.529. The van der Waals surface area contributed by atoms with Gasteiger partial charge in [-0.15, -0.1) is 12.4 Å². The molecular formula is C17H26BrClN4O2. The average molecular weight is 434 g/mol. The van der Waals surface area contributed by atoms with Crippen molar-refractivity contribution in [3.63, 3.8) is 0 Å². The van der Waals surface area contributed by atoms with E-state index >= 15 is 0 Å². The van der Waals surface area contributed by atoms with Gasteiger partial charge in [-0.3, -0.25) is 4.79 Å².